The minimum absolute atomic E-state index is 0.0143. The van der Waals surface area contributed by atoms with Gasteiger partial charge in [-0.1, -0.05) is 188 Å². The summed E-state index contributed by atoms with van der Waals surface area (Å²) in [7, 11) is 0. The van der Waals surface area contributed by atoms with Crippen molar-refractivity contribution in [2.24, 2.45) is 0 Å². The first-order valence-corrected chi connectivity index (χ1v) is 19.2. The molecular weight excluding hydrogens is 663 g/mol. The van der Waals surface area contributed by atoms with Gasteiger partial charge in [-0.3, -0.25) is 0 Å². The molecule has 11 rings (SSSR count). The predicted molar refractivity (Wildman–Crippen MR) is 229 cm³/mol. The lowest BCUT2D eigenvalue weighted by Gasteiger charge is -2.34. The zero-order valence-corrected chi connectivity index (χ0v) is 30.3. The molecule has 258 valence electrons. The van der Waals surface area contributed by atoms with E-state index < -0.39 is 5.41 Å². The Kier molecular flexibility index (Phi) is 7.22. The molecule has 0 radical (unpaired) electrons. The van der Waals surface area contributed by atoms with Gasteiger partial charge in [-0.05, 0) is 90.8 Å². The van der Waals surface area contributed by atoms with E-state index in [0.717, 1.165) is 5.69 Å². The molecule has 0 bridgehead atoms. The van der Waals surface area contributed by atoms with E-state index in [1.807, 2.05) is 0 Å². The number of rotatable bonds is 6. The fourth-order valence-corrected chi connectivity index (χ4v) is 9.76. The summed E-state index contributed by atoms with van der Waals surface area (Å²) in [4.78, 5) is 0. The van der Waals surface area contributed by atoms with E-state index in [1.165, 1.54) is 82.6 Å². The molecule has 0 N–H and O–H groups in total. The Balaban J connectivity index is 1.28. The molecule has 1 atom stereocenters. The summed E-state index contributed by atoms with van der Waals surface area (Å²) in [6.45, 7) is 0. The summed E-state index contributed by atoms with van der Waals surface area (Å²) in [5, 5.41) is 6.40. The molecule has 1 heterocycles. The van der Waals surface area contributed by atoms with Gasteiger partial charge in [-0.25, -0.2) is 0 Å². The Bertz CT molecular complexity index is 2970. The number of benzene rings is 9. The van der Waals surface area contributed by atoms with Crippen molar-refractivity contribution < 1.29 is 0 Å². The lowest BCUT2D eigenvalue weighted by Crippen LogP contribution is -2.31. The van der Waals surface area contributed by atoms with Gasteiger partial charge < -0.3 is 4.57 Å². The van der Waals surface area contributed by atoms with Gasteiger partial charge in [0.1, 0.15) is 0 Å². The van der Waals surface area contributed by atoms with E-state index in [-0.39, 0.29) is 5.92 Å². The molecule has 0 aliphatic heterocycles. The number of fused-ring (bicyclic) bond motifs is 8. The number of nitrogens with zero attached hydrogens (tertiary/aromatic N) is 1. The number of hydrogen-bond acceptors (Lipinski definition) is 0. The van der Waals surface area contributed by atoms with Crippen molar-refractivity contribution in [3.63, 3.8) is 0 Å². The van der Waals surface area contributed by atoms with Crippen LogP contribution < -0.4 is 0 Å². The summed E-state index contributed by atoms with van der Waals surface area (Å²) < 4.78 is 2.55. The monoisotopic (exact) mass is 699 g/mol. The third-order valence-corrected chi connectivity index (χ3v) is 12.0. The van der Waals surface area contributed by atoms with Gasteiger partial charge in [0, 0.05) is 22.6 Å². The fraction of sp³-hybridized carbons (Fsp3) is 0.0370. The number of aromatic nitrogens is 1. The molecule has 1 nitrogen and oxygen atoms in total. The minimum Gasteiger partial charge on any atom is -0.311 e. The zero-order valence-electron chi connectivity index (χ0n) is 30.3. The van der Waals surface area contributed by atoms with Gasteiger partial charge in [0.25, 0.3) is 0 Å². The first-order valence-electron chi connectivity index (χ1n) is 19.2. The topological polar surface area (TPSA) is 4.93 Å². The molecule has 10 aromatic rings. The largest absolute Gasteiger partial charge is 0.311 e. The summed E-state index contributed by atoms with van der Waals surface area (Å²) in [5.74, 6) is 0.0143. The van der Waals surface area contributed by atoms with Crippen LogP contribution in [-0.4, -0.2) is 4.57 Å². The van der Waals surface area contributed by atoms with Crippen LogP contribution in [0.1, 0.15) is 45.0 Å². The highest BCUT2D eigenvalue weighted by Crippen LogP contribution is 2.59. The van der Waals surface area contributed by atoms with Gasteiger partial charge in [0.2, 0.25) is 0 Å². The minimum atomic E-state index is -0.545. The van der Waals surface area contributed by atoms with Crippen molar-refractivity contribution in [3.8, 4) is 16.8 Å². The lowest BCUT2D eigenvalue weighted by molar-refractivity contribution is 0.718. The van der Waals surface area contributed by atoms with Crippen LogP contribution in [0.3, 0.4) is 0 Å². The van der Waals surface area contributed by atoms with Gasteiger partial charge in [0.05, 0.1) is 16.6 Å². The molecule has 55 heavy (non-hydrogen) atoms. The van der Waals surface area contributed by atoms with Gasteiger partial charge >= 0.3 is 0 Å². The summed E-state index contributed by atoms with van der Waals surface area (Å²) in [6, 6.07) is 80.9. The van der Waals surface area contributed by atoms with Gasteiger partial charge in [0.15, 0.2) is 0 Å². The van der Waals surface area contributed by atoms with E-state index in [0.29, 0.717) is 0 Å². The Labute approximate surface area is 321 Å². The van der Waals surface area contributed by atoms with Crippen LogP contribution in [0.5, 0.6) is 0 Å². The van der Waals surface area contributed by atoms with Crippen LogP contribution in [-0.2, 0) is 5.41 Å². The van der Waals surface area contributed by atoms with Crippen LogP contribution in [0, 0.1) is 0 Å². The first-order chi connectivity index (χ1) is 27.3. The van der Waals surface area contributed by atoms with Gasteiger partial charge in [-0.15, -0.1) is 0 Å². The van der Waals surface area contributed by atoms with Crippen molar-refractivity contribution in [2.45, 2.75) is 11.3 Å². The Morgan fingerprint density at radius 1 is 0.400 bits per heavy atom. The highest BCUT2D eigenvalue weighted by molar-refractivity contribution is 6.10. The van der Waals surface area contributed by atoms with Crippen molar-refractivity contribution >= 4 is 32.4 Å². The first kappa shape index (κ1) is 31.6. The molecule has 0 saturated heterocycles. The lowest BCUT2D eigenvalue weighted by atomic mass is 9.69. The van der Waals surface area contributed by atoms with E-state index >= 15 is 0 Å². The predicted octanol–water partition coefficient (Wildman–Crippen LogP) is 13.5. The SMILES string of the molecule is c1ccc(C(c2ccc3c(c2)c2c(n3-c3ccccc3)C(c3ccccc3)(c3ccccc3)c3ccccc3-2)c2cc3ccccc3c3ccccc23)cc1. The van der Waals surface area contributed by atoms with E-state index in [2.05, 4.69) is 223 Å². The van der Waals surface area contributed by atoms with Crippen LogP contribution in [0.25, 0.3) is 49.3 Å². The molecule has 0 spiro atoms. The third-order valence-electron chi connectivity index (χ3n) is 12.0. The Hall–Kier alpha value is -6.96. The van der Waals surface area contributed by atoms with E-state index in [4.69, 9.17) is 0 Å². The van der Waals surface area contributed by atoms with E-state index in [1.54, 1.807) is 0 Å². The molecule has 9 aromatic carbocycles. The second kappa shape index (κ2) is 12.6. The van der Waals surface area contributed by atoms with Crippen LogP contribution in [0.4, 0.5) is 0 Å². The van der Waals surface area contributed by atoms with Crippen molar-refractivity contribution in [3.05, 3.63) is 257 Å². The smallest absolute Gasteiger partial charge is 0.0870 e. The standard InChI is InChI=1S/C54H37N/c1-5-19-37(20-6-1)51(47-35-38-21-13-14-28-43(38)44-29-15-16-30-45(44)47)39-33-34-50-48(36-39)52-46-31-17-18-32-49(46)54(40-22-7-2-8-23-40,41-24-9-3-10-25-41)53(52)55(50)42-26-11-4-12-27-42/h1-36,51H. The summed E-state index contributed by atoms with van der Waals surface area (Å²) >= 11 is 0. The summed E-state index contributed by atoms with van der Waals surface area (Å²) in [5.41, 5.74) is 13.4. The van der Waals surface area contributed by atoms with Crippen LogP contribution >= 0.6 is 0 Å². The molecule has 0 saturated carbocycles. The second-order valence-electron chi connectivity index (χ2n) is 14.8. The third kappa shape index (κ3) is 4.66. The molecule has 1 heteroatoms. The van der Waals surface area contributed by atoms with Crippen molar-refractivity contribution in [1.82, 2.24) is 4.57 Å². The molecule has 1 aromatic heterocycles. The Morgan fingerprint density at radius 3 is 1.67 bits per heavy atom. The fourth-order valence-electron chi connectivity index (χ4n) is 9.76. The molecule has 0 fully saturated rings. The zero-order chi connectivity index (χ0) is 36.3. The quantitative estimate of drug-likeness (QED) is 0.120. The molecule has 0 amide bonds. The summed E-state index contributed by atoms with van der Waals surface area (Å²) in [6.07, 6.45) is 0. The van der Waals surface area contributed by atoms with Crippen molar-refractivity contribution in [1.29, 1.82) is 0 Å². The highest BCUT2D eigenvalue weighted by Gasteiger charge is 2.50. The average molecular weight is 700 g/mol. The van der Waals surface area contributed by atoms with Crippen LogP contribution in [0.2, 0.25) is 0 Å². The van der Waals surface area contributed by atoms with Crippen LogP contribution in [0.15, 0.2) is 218 Å². The number of para-hydroxylation sites is 1. The Morgan fingerprint density at radius 2 is 0.964 bits per heavy atom. The highest BCUT2D eigenvalue weighted by atomic mass is 15.0. The number of hydrogen-bond donors (Lipinski definition) is 0. The van der Waals surface area contributed by atoms with E-state index in [9.17, 15) is 0 Å². The molecule has 1 unspecified atom stereocenters. The maximum atomic E-state index is 2.55. The molecule has 1 aliphatic rings. The molecule has 1 aliphatic carbocycles. The second-order valence-corrected chi connectivity index (χ2v) is 14.8. The average Bonchev–Trinajstić information content (AvgIpc) is 3.76. The maximum absolute atomic E-state index is 2.55. The normalized spacial score (nSPS) is 13.5. The molecular formula is C54H37N. The maximum Gasteiger partial charge on any atom is 0.0870 e. The van der Waals surface area contributed by atoms with Crippen molar-refractivity contribution in [2.75, 3.05) is 0 Å². The van der Waals surface area contributed by atoms with Gasteiger partial charge in [-0.2, -0.15) is 0 Å².